The van der Waals surface area contributed by atoms with Gasteiger partial charge in [0.25, 0.3) is 0 Å². The summed E-state index contributed by atoms with van der Waals surface area (Å²) in [6.45, 7) is 2.69. The van der Waals surface area contributed by atoms with Gasteiger partial charge in [-0.1, -0.05) is 49.2 Å². The Kier molecular flexibility index (Phi) is 6.71. The molecule has 1 saturated heterocycles. The molecule has 2 aromatic rings. The molecule has 1 amide bonds. The van der Waals surface area contributed by atoms with Gasteiger partial charge in [0.05, 0.1) is 17.3 Å². The van der Waals surface area contributed by atoms with Gasteiger partial charge in [0.2, 0.25) is 5.91 Å². The predicted molar refractivity (Wildman–Crippen MR) is 113 cm³/mol. The minimum absolute atomic E-state index is 0.000364. The molecule has 1 heterocycles. The quantitative estimate of drug-likeness (QED) is 0.617. The fourth-order valence-electron chi connectivity index (χ4n) is 3.47. The van der Waals surface area contributed by atoms with Crippen LogP contribution in [0, 0.1) is 0 Å². The van der Waals surface area contributed by atoms with Gasteiger partial charge in [0, 0.05) is 27.9 Å². The van der Waals surface area contributed by atoms with Crippen LogP contribution in [0.4, 0.5) is 0 Å². The molecule has 0 bridgehead atoms. The number of unbranched alkanes of at least 4 members (excludes halogenated alkanes) is 1. The van der Waals surface area contributed by atoms with E-state index in [-0.39, 0.29) is 29.2 Å². The van der Waals surface area contributed by atoms with E-state index < -0.39 is 9.84 Å². The summed E-state index contributed by atoms with van der Waals surface area (Å²) < 4.78 is 23.7. The number of carbonyl (C=O) groups excluding carboxylic acids is 1. The standard InChI is InChI=1S/C20H24ClNO3S2/c1-2-3-11-22(16-10-12-27(24,25)14-16)19(23)13-26-18-9-5-7-15-6-4-8-17(21)20(15)18/h4-9,16H,2-3,10-14H2,1H3. The van der Waals surface area contributed by atoms with Crippen LogP contribution >= 0.6 is 23.4 Å². The highest BCUT2D eigenvalue weighted by Gasteiger charge is 2.34. The van der Waals surface area contributed by atoms with Crippen molar-refractivity contribution < 1.29 is 13.2 Å². The molecule has 0 N–H and O–H groups in total. The van der Waals surface area contributed by atoms with E-state index >= 15 is 0 Å². The maximum Gasteiger partial charge on any atom is 0.233 e. The number of carbonyl (C=O) groups is 1. The fourth-order valence-corrected chi connectivity index (χ4v) is 6.53. The number of fused-ring (bicyclic) bond motifs is 1. The summed E-state index contributed by atoms with van der Waals surface area (Å²) in [7, 11) is -3.02. The Balaban J connectivity index is 1.75. The van der Waals surface area contributed by atoms with Crippen LogP contribution < -0.4 is 0 Å². The van der Waals surface area contributed by atoms with Gasteiger partial charge in [-0.25, -0.2) is 8.42 Å². The molecule has 1 atom stereocenters. The Hall–Kier alpha value is -1.24. The lowest BCUT2D eigenvalue weighted by atomic mass is 10.1. The second-order valence-electron chi connectivity index (χ2n) is 6.88. The molecule has 0 aromatic heterocycles. The first-order valence-corrected chi connectivity index (χ1v) is 12.4. The van der Waals surface area contributed by atoms with E-state index in [4.69, 9.17) is 11.6 Å². The smallest absolute Gasteiger partial charge is 0.233 e. The molecule has 0 radical (unpaired) electrons. The van der Waals surface area contributed by atoms with Gasteiger partial charge in [0.1, 0.15) is 0 Å². The van der Waals surface area contributed by atoms with Crippen molar-refractivity contribution in [3.63, 3.8) is 0 Å². The zero-order valence-electron chi connectivity index (χ0n) is 15.4. The monoisotopic (exact) mass is 425 g/mol. The number of thioether (sulfide) groups is 1. The van der Waals surface area contributed by atoms with Gasteiger partial charge in [-0.2, -0.15) is 0 Å². The van der Waals surface area contributed by atoms with Crippen molar-refractivity contribution >= 4 is 49.9 Å². The molecular weight excluding hydrogens is 402 g/mol. The molecule has 4 nitrogen and oxygen atoms in total. The third-order valence-corrected chi connectivity index (χ3v) is 8.00. The van der Waals surface area contributed by atoms with Gasteiger partial charge in [-0.3, -0.25) is 4.79 Å². The van der Waals surface area contributed by atoms with Crippen molar-refractivity contribution in [1.82, 2.24) is 4.90 Å². The molecule has 7 heteroatoms. The van der Waals surface area contributed by atoms with Crippen molar-refractivity contribution in [2.45, 2.75) is 37.1 Å². The second-order valence-corrected chi connectivity index (χ2v) is 10.5. The van der Waals surface area contributed by atoms with Gasteiger partial charge in [-0.15, -0.1) is 11.8 Å². The second kappa shape index (κ2) is 8.84. The van der Waals surface area contributed by atoms with E-state index in [9.17, 15) is 13.2 Å². The van der Waals surface area contributed by atoms with E-state index in [1.54, 1.807) is 4.90 Å². The van der Waals surface area contributed by atoms with E-state index in [1.807, 2.05) is 36.4 Å². The van der Waals surface area contributed by atoms with Crippen molar-refractivity contribution in [2.24, 2.45) is 0 Å². The Morgan fingerprint density at radius 3 is 2.67 bits per heavy atom. The number of halogens is 1. The van der Waals surface area contributed by atoms with Crippen molar-refractivity contribution in [1.29, 1.82) is 0 Å². The summed E-state index contributed by atoms with van der Waals surface area (Å²) in [5.74, 6) is 0.553. The van der Waals surface area contributed by atoms with Gasteiger partial charge >= 0.3 is 0 Å². The van der Waals surface area contributed by atoms with Crippen LogP contribution in [0.15, 0.2) is 41.3 Å². The number of nitrogens with zero attached hydrogens (tertiary/aromatic N) is 1. The number of hydrogen-bond donors (Lipinski definition) is 0. The Morgan fingerprint density at radius 2 is 2.00 bits per heavy atom. The van der Waals surface area contributed by atoms with Gasteiger partial charge in [0.15, 0.2) is 9.84 Å². The first kappa shape index (κ1) is 20.5. The van der Waals surface area contributed by atoms with Crippen LogP contribution in [-0.2, 0) is 14.6 Å². The van der Waals surface area contributed by atoms with Crippen LogP contribution in [0.2, 0.25) is 5.02 Å². The van der Waals surface area contributed by atoms with Crippen LogP contribution in [0.3, 0.4) is 0 Å². The summed E-state index contributed by atoms with van der Waals surface area (Å²) in [6.07, 6.45) is 2.39. The summed E-state index contributed by atoms with van der Waals surface area (Å²) in [5, 5.41) is 2.68. The number of hydrogen-bond acceptors (Lipinski definition) is 4. The zero-order chi connectivity index (χ0) is 19.4. The average Bonchev–Trinajstić information content (AvgIpc) is 3.00. The first-order valence-electron chi connectivity index (χ1n) is 9.21. The minimum Gasteiger partial charge on any atom is -0.338 e. The molecule has 1 fully saturated rings. The Bertz CT molecular complexity index is 925. The average molecular weight is 426 g/mol. The van der Waals surface area contributed by atoms with E-state index in [1.165, 1.54) is 11.8 Å². The fraction of sp³-hybridized carbons (Fsp3) is 0.450. The Labute approximate surface area is 170 Å². The number of sulfone groups is 1. The minimum atomic E-state index is -3.02. The number of benzene rings is 2. The highest BCUT2D eigenvalue weighted by molar-refractivity contribution is 8.00. The molecule has 1 aliphatic heterocycles. The third kappa shape index (κ3) is 4.98. The van der Waals surface area contributed by atoms with Crippen molar-refractivity contribution in [3.8, 4) is 0 Å². The molecular formula is C20H24ClNO3S2. The summed E-state index contributed by atoms with van der Waals surface area (Å²) in [6, 6.07) is 11.5. The van der Waals surface area contributed by atoms with E-state index in [0.29, 0.717) is 18.0 Å². The molecule has 0 aliphatic carbocycles. The van der Waals surface area contributed by atoms with E-state index in [2.05, 4.69) is 6.92 Å². The summed E-state index contributed by atoms with van der Waals surface area (Å²) in [4.78, 5) is 15.7. The van der Waals surface area contributed by atoms with E-state index in [0.717, 1.165) is 28.5 Å². The lowest BCUT2D eigenvalue weighted by Gasteiger charge is -2.28. The molecule has 3 rings (SSSR count). The topological polar surface area (TPSA) is 54.5 Å². The van der Waals surface area contributed by atoms with Gasteiger partial charge < -0.3 is 4.90 Å². The molecule has 0 saturated carbocycles. The van der Waals surface area contributed by atoms with Crippen LogP contribution in [0.25, 0.3) is 10.8 Å². The molecule has 146 valence electrons. The molecule has 0 spiro atoms. The van der Waals surface area contributed by atoms with Crippen LogP contribution in [0.5, 0.6) is 0 Å². The molecule has 2 aromatic carbocycles. The normalized spacial score (nSPS) is 18.7. The molecule has 27 heavy (non-hydrogen) atoms. The van der Waals surface area contributed by atoms with Crippen molar-refractivity contribution in [3.05, 3.63) is 41.4 Å². The SMILES string of the molecule is CCCCN(C(=O)CSc1cccc2cccc(Cl)c12)C1CCS(=O)(=O)C1. The maximum atomic E-state index is 12.9. The van der Waals surface area contributed by atoms with Crippen LogP contribution in [-0.4, -0.2) is 49.1 Å². The molecule has 1 unspecified atom stereocenters. The first-order chi connectivity index (χ1) is 12.9. The number of amides is 1. The number of rotatable bonds is 7. The highest BCUT2D eigenvalue weighted by atomic mass is 35.5. The van der Waals surface area contributed by atoms with Gasteiger partial charge in [-0.05, 0) is 30.4 Å². The molecule has 1 aliphatic rings. The Morgan fingerprint density at radius 1 is 1.26 bits per heavy atom. The van der Waals surface area contributed by atoms with Crippen LogP contribution in [0.1, 0.15) is 26.2 Å². The summed E-state index contributed by atoms with van der Waals surface area (Å²) in [5.41, 5.74) is 0. The lowest BCUT2D eigenvalue weighted by Crippen LogP contribution is -2.42. The van der Waals surface area contributed by atoms with Crippen molar-refractivity contribution in [2.75, 3.05) is 23.8 Å². The summed E-state index contributed by atoms with van der Waals surface area (Å²) >= 11 is 7.84. The highest BCUT2D eigenvalue weighted by Crippen LogP contribution is 2.33. The maximum absolute atomic E-state index is 12.9. The third-order valence-electron chi connectivity index (χ3n) is 4.89. The zero-order valence-corrected chi connectivity index (χ0v) is 17.7. The lowest BCUT2D eigenvalue weighted by molar-refractivity contribution is -0.130. The largest absolute Gasteiger partial charge is 0.338 e. The predicted octanol–water partition coefficient (Wildman–Crippen LogP) is 4.40.